The average molecular weight is 609 g/mol. The van der Waals surface area contributed by atoms with Crippen molar-refractivity contribution in [1.82, 2.24) is 24.1 Å². The van der Waals surface area contributed by atoms with E-state index in [0.29, 0.717) is 30.6 Å². The Hall–Kier alpha value is -1.96. The summed E-state index contributed by atoms with van der Waals surface area (Å²) in [5.74, 6) is 2.15. The summed E-state index contributed by atoms with van der Waals surface area (Å²) in [6, 6.07) is 8.96. The van der Waals surface area contributed by atoms with Crippen LogP contribution in [0.15, 0.2) is 45.9 Å². The number of fused-ring (bicyclic) bond motifs is 1. The molecule has 39 heavy (non-hydrogen) atoms. The molecule has 4 heterocycles. The Morgan fingerprint density at radius 2 is 1.92 bits per heavy atom. The third-order valence-corrected chi connectivity index (χ3v) is 11.6. The Morgan fingerprint density at radius 3 is 2.67 bits per heavy atom. The summed E-state index contributed by atoms with van der Waals surface area (Å²) in [5, 5.41) is 2.20. The number of piperidine rings is 1. The molecule has 0 aliphatic carbocycles. The second-order valence-electron chi connectivity index (χ2n) is 10.2. The molecule has 1 amide bonds. The van der Waals surface area contributed by atoms with Crippen LogP contribution >= 0.6 is 34.7 Å². The summed E-state index contributed by atoms with van der Waals surface area (Å²) in [4.78, 5) is 28.4. The van der Waals surface area contributed by atoms with Gasteiger partial charge < -0.3 is 14.7 Å². The third kappa shape index (κ3) is 6.86. The quantitative estimate of drug-likeness (QED) is 0.268. The molecule has 9 nitrogen and oxygen atoms in total. The number of carbonyl (C=O) groups excluding carboxylic acids is 1. The Balaban J connectivity index is 1.13. The third-order valence-electron chi connectivity index (χ3n) is 7.14. The maximum atomic E-state index is 13.3. The zero-order valence-electron chi connectivity index (χ0n) is 22.1. The lowest BCUT2D eigenvalue weighted by Gasteiger charge is -2.38. The number of thioether (sulfide) groups is 1. The molecule has 13 heteroatoms. The van der Waals surface area contributed by atoms with Crippen molar-refractivity contribution in [2.24, 2.45) is 5.92 Å². The van der Waals surface area contributed by atoms with Gasteiger partial charge in [-0.25, -0.2) is 18.4 Å². The van der Waals surface area contributed by atoms with Crippen LogP contribution in [0.3, 0.4) is 0 Å². The minimum Gasteiger partial charge on any atom is -0.356 e. The molecular weight excluding hydrogens is 576 g/mol. The second kappa shape index (κ2) is 12.3. The standard InChI is InChI=1S/C26H33ClN6O3S3/c1-30(2)13-14-37-26-28-8-5-23(29-26)31-9-6-19(7-10-31)17-32-11-12-33(18-24(32)34)39(35,36)25-15-20-3-4-21(27)16-22(20)38-25/h3-5,8,15-16,19H,6-7,9-14,17-18H2,1-2H3. The molecule has 2 fully saturated rings. The monoisotopic (exact) mass is 608 g/mol. The van der Waals surface area contributed by atoms with Crippen LogP contribution < -0.4 is 4.90 Å². The van der Waals surface area contributed by atoms with Crippen molar-refractivity contribution in [3.8, 4) is 0 Å². The van der Waals surface area contributed by atoms with Crippen LogP contribution in [-0.4, -0.2) is 104 Å². The largest absolute Gasteiger partial charge is 0.356 e. The van der Waals surface area contributed by atoms with Crippen LogP contribution in [0, 0.1) is 5.92 Å². The molecule has 3 aromatic rings. The van der Waals surface area contributed by atoms with Gasteiger partial charge in [-0.1, -0.05) is 29.4 Å². The van der Waals surface area contributed by atoms with E-state index in [2.05, 4.69) is 28.9 Å². The van der Waals surface area contributed by atoms with Crippen molar-refractivity contribution in [1.29, 1.82) is 0 Å². The van der Waals surface area contributed by atoms with Crippen molar-refractivity contribution in [3.63, 3.8) is 0 Å². The second-order valence-corrected chi connectivity index (χ2v) is 15.0. The fourth-order valence-electron chi connectivity index (χ4n) is 4.87. The van der Waals surface area contributed by atoms with Gasteiger partial charge in [0.25, 0.3) is 10.0 Å². The van der Waals surface area contributed by atoms with Crippen LogP contribution in [0.5, 0.6) is 0 Å². The number of rotatable bonds is 9. The van der Waals surface area contributed by atoms with Crippen molar-refractivity contribution in [2.75, 3.05) is 70.6 Å². The first-order chi connectivity index (χ1) is 18.7. The highest BCUT2D eigenvalue weighted by Gasteiger charge is 2.35. The first-order valence-electron chi connectivity index (χ1n) is 13.0. The zero-order chi connectivity index (χ0) is 27.6. The minimum absolute atomic E-state index is 0.120. The van der Waals surface area contributed by atoms with E-state index in [-0.39, 0.29) is 16.7 Å². The Bertz CT molecular complexity index is 1430. The maximum absolute atomic E-state index is 13.3. The van der Waals surface area contributed by atoms with E-state index >= 15 is 0 Å². The van der Waals surface area contributed by atoms with Gasteiger partial charge in [-0.05, 0) is 62.5 Å². The number of nitrogens with zero attached hydrogens (tertiary/aromatic N) is 6. The van der Waals surface area contributed by atoms with Gasteiger partial charge in [-0.3, -0.25) is 4.79 Å². The normalized spacial score (nSPS) is 18.0. The molecule has 0 radical (unpaired) electrons. The number of aromatic nitrogens is 2. The number of sulfonamides is 1. The molecule has 1 aromatic carbocycles. The molecule has 2 aliphatic heterocycles. The smallest absolute Gasteiger partial charge is 0.253 e. The molecule has 2 aliphatic rings. The molecular formula is C26H33ClN6O3S3. The van der Waals surface area contributed by atoms with Crippen LogP contribution in [0.25, 0.3) is 10.1 Å². The van der Waals surface area contributed by atoms with E-state index < -0.39 is 10.0 Å². The van der Waals surface area contributed by atoms with Crippen LogP contribution in [0.1, 0.15) is 12.8 Å². The van der Waals surface area contributed by atoms with E-state index in [9.17, 15) is 13.2 Å². The van der Waals surface area contributed by atoms with Gasteiger partial charge in [0.05, 0.1) is 6.54 Å². The number of halogens is 1. The number of hydrogen-bond donors (Lipinski definition) is 0. The summed E-state index contributed by atoms with van der Waals surface area (Å²) < 4.78 is 28.9. The maximum Gasteiger partial charge on any atom is 0.253 e. The lowest BCUT2D eigenvalue weighted by molar-refractivity contribution is -0.134. The predicted molar refractivity (Wildman–Crippen MR) is 158 cm³/mol. The zero-order valence-corrected chi connectivity index (χ0v) is 25.3. The highest BCUT2D eigenvalue weighted by Crippen LogP contribution is 2.33. The van der Waals surface area contributed by atoms with E-state index in [1.165, 1.54) is 15.6 Å². The lowest BCUT2D eigenvalue weighted by atomic mass is 9.96. The van der Waals surface area contributed by atoms with Crippen LogP contribution in [0.2, 0.25) is 5.02 Å². The summed E-state index contributed by atoms with van der Waals surface area (Å²) >= 11 is 8.92. The first-order valence-corrected chi connectivity index (χ1v) is 16.6. The predicted octanol–water partition coefficient (Wildman–Crippen LogP) is 3.75. The number of thiophene rings is 1. The van der Waals surface area contributed by atoms with Crippen molar-refractivity contribution < 1.29 is 13.2 Å². The fourth-order valence-corrected chi connectivity index (χ4v) is 9.02. The summed E-state index contributed by atoms with van der Waals surface area (Å²) in [6.07, 6.45) is 3.75. The molecule has 210 valence electrons. The van der Waals surface area contributed by atoms with Gasteiger partial charge in [0, 0.05) is 60.9 Å². The van der Waals surface area contributed by atoms with Gasteiger partial charge >= 0.3 is 0 Å². The molecule has 2 aromatic heterocycles. The van der Waals surface area contributed by atoms with Crippen LogP contribution in [0.4, 0.5) is 5.82 Å². The van der Waals surface area contributed by atoms with E-state index in [1.54, 1.807) is 30.0 Å². The highest BCUT2D eigenvalue weighted by molar-refractivity contribution is 7.99. The van der Waals surface area contributed by atoms with Crippen molar-refractivity contribution in [3.05, 3.63) is 41.6 Å². The fraction of sp³-hybridized carbons (Fsp3) is 0.500. The van der Waals surface area contributed by atoms with E-state index in [1.807, 2.05) is 23.2 Å². The number of hydrogen-bond acceptors (Lipinski definition) is 9. The molecule has 2 saturated heterocycles. The summed E-state index contributed by atoms with van der Waals surface area (Å²) in [5.41, 5.74) is 0. The van der Waals surface area contributed by atoms with E-state index in [0.717, 1.165) is 59.3 Å². The molecule has 0 bridgehead atoms. The van der Waals surface area contributed by atoms with Gasteiger partial charge in [0.2, 0.25) is 5.91 Å². The van der Waals surface area contributed by atoms with Gasteiger partial charge in [0.1, 0.15) is 10.0 Å². The number of amides is 1. The molecule has 0 unspecified atom stereocenters. The van der Waals surface area contributed by atoms with Crippen molar-refractivity contribution in [2.45, 2.75) is 22.2 Å². The summed E-state index contributed by atoms with van der Waals surface area (Å²) in [7, 11) is 0.373. The minimum atomic E-state index is -3.74. The average Bonchev–Trinajstić information content (AvgIpc) is 3.34. The Morgan fingerprint density at radius 1 is 1.13 bits per heavy atom. The SMILES string of the molecule is CN(C)CCSc1nccc(N2CCC(CN3CCN(S(=O)(=O)c4cc5ccc(Cl)cc5s4)CC3=O)CC2)n1. The van der Waals surface area contributed by atoms with Gasteiger partial charge in [0.15, 0.2) is 5.16 Å². The van der Waals surface area contributed by atoms with E-state index in [4.69, 9.17) is 16.6 Å². The van der Waals surface area contributed by atoms with Crippen LogP contribution in [-0.2, 0) is 14.8 Å². The molecule has 0 N–H and O–H groups in total. The van der Waals surface area contributed by atoms with Gasteiger partial charge in [-0.2, -0.15) is 4.31 Å². The number of carbonyl (C=O) groups is 1. The number of piperazine rings is 1. The molecule has 0 spiro atoms. The summed E-state index contributed by atoms with van der Waals surface area (Å²) in [6.45, 7) is 3.99. The Labute approximate surface area is 243 Å². The highest BCUT2D eigenvalue weighted by atomic mass is 35.5. The van der Waals surface area contributed by atoms with Crippen molar-refractivity contribution >= 4 is 66.5 Å². The molecule has 0 saturated carbocycles. The lowest BCUT2D eigenvalue weighted by Crippen LogP contribution is -2.53. The van der Waals surface area contributed by atoms with Gasteiger partial charge in [-0.15, -0.1) is 11.3 Å². The topological polar surface area (TPSA) is 90.0 Å². The number of benzene rings is 1. The molecule has 5 rings (SSSR count). The first kappa shape index (κ1) is 28.6. The Kier molecular flexibility index (Phi) is 8.99. The molecule has 0 atom stereocenters. The number of anilines is 1.